The van der Waals surface area contributed by atoms with Gasteiger partial charge in [0.2, 0.25) is 0 Å². The van der Waals surface area contributed by atoms with E-state index in [4.69, 9.17) is 0 Å². The van der Waals surface area contributed by atoms with Crippen molar-refractivity contribution < 1.29 is 0 Å². The van der Waals surface area contributed by atoms with Crippen molar-refractivity contribution in [2.75, 3.05) is 18.0 Å². The molecule has 0 bridgehead atoms. The van der Waals surface area contributed by atoms with E-state index in [1.807, 2.05) is 6.20 Å². The first-order chi connectivity index (χ1) is 7.91. The summed E-state index contributed by atoms with van der Waals surface area (Å²) in [5.41, 5.74) is 3.94. The van der Waals surface area contributed by atoms with Crippen molar-refractivity contribution in [3.8, 4) is 0 Å². The summed E-state index contributed by atoms with van der Waals surface area (Å²) in [6.07, 6.45) is 1.90. The highest BCUT2D eigenvalue weighted by Crippen LogP contribution is 2.28. The summed E-state index contributed by atoms with van der Waals surface area (Å²) in [6, 6.07) is 2.62. The van der Waals surface area contributed by atoms with Gasteiger partial charge in [0.05, 0.1) is 11.4 Å². The molecule has 1 saturated heterocycles. The predicted octanol–water partition coefficient (Wildman–Crippen LogP) is 2.28. The number of nitrogens with zero attached hydrogens (tertiary/aromatic N) is 2. The first-order valence-corrected chi connectivity index (χ1v) is 6.34. The molecule has 1 aliphatic heterocycles. The molecule has 1 aromatic heterocycles. The van der Waals surface area contributed by atoms with Crippen molar-refractivity contribution >= 4 is 5.69 Å². The van der Waals surface area contributed by atoms with Crippen molar-refractivity contribution in [3.63, 3.8) is 0 Å². The number of hydrogen-bond acceptors (Lipinski definition) is 3. The molecule has 0 aromatic carbocycles. The zero-order valence-corrected chi connectivity index (χ0v) is 11.5. The molecule has 1 N–H and O–H groups in total. The second kappa shape index (κ2) is 4.30. The number of nitrogens with one attached hydrogen (secondary N) is 1. The Kier molecular flexibility index (Phi) is 3.13. The number of anilines is 1. The van der Waals surface area contributed by atoms with Crippen LogP contribution in [0.3, 0.4) is 0 Å². The lowest BCUT2D eigenvalue weighted by Crippen LogP contribution is -2.61. The molecule has 0 amide bonds. The van der Waals surface area contributed by atoms with Gasteiger partial charge in [-0.25, -0.2) is 0 Å². The lowest BCUT2D eigenvalue weighted by Gasteiger charge is -2.45. The highest BCUT2D eigenvalue weighted by molar-refractivity contribution is 5.57. The smallest absolute Gasteiger partial charge is 0.0615 e. The van der Waals surface area contributed by atoms with Crippen molar-refractivity contribution in [2.24, 2.45) is 0 Å². The monoisotopic (exact) mass is 233 g/mol. The zero-order chi connectivity index (χ0) is 12.6. The fraction of sp³-hybridized carbons (Fsp3) is 0.643. The normalized spacial score (nSPS) is 23.8. The van der Waals surface area contributed by atoms with Crippen LogP contribution in [0.15, 0.2) is 12.3 Å². The summed E-state index contributed by atoms with van der Waals surface area (Å²) in [5.74, 6) is 0. The van der Waals surface area contributed by atoms with Crippen LogP contribution < -0.4 is 10.2 Å². The predicted molar refractivity (Wildman–Crippen MR) is 72.6 cm³/mol. The van der Waals surface area contributed by atoms with E-state index in [-0.39, 0.29) is 5.54 Å². The number of piperazine rings is 1. The standard InChI is InChI=1S/C14H23N3/c1-10-6-7-15-12(3)13(10)17-9-14(4,5)16-8-11(17)2/h6-7,11,16H,8-9H2,1-5H3. The number of hydrogen-bond donors (Lipinski definition) is 1. The second-order valence-electron chi connectivity index (χ2n) is 5.80. The van der Waals surface area contributed by atoms with Crippen LogP contribution >= 0.6 is 0 Å². The molecule has 0 radical (unpaired) electrons. The molecule has 1 fully saturated rings. The summed E-state index contributed by atoms with van der Waals surface area (Å²) in [6.45, 7) is 13.1. The van der Waals surface area contributed by atoms with Gasteiger partial charge in [0.25, 0.3) is 0 Å². The third-order valence-electron chi connectivity index (χ3n) is 3.57. The van der Waals surface area contributed by atoms with Crippen molar-refractivity contribution in [3.05, 3.63) is 23.5 Å². The first kappa shape index (κ1) is 12.4. The zero-order valence-electron chi connectivity index (χ0n) is 11.5. The molecule has 3 nitrogen and oxygen atoms in total. The Morgan fingerprint density at radius 2 is 2.12 bits per heavy atom. The van der Waals surface area contributed by atoms with Gasteiger partial charge in [-0.05, 0) is 46.2 Å². The summed E-state index contributed by atoms with van der Waals surface area (Å²) < 4.78 is 0. The van der Waals surface area contributed by atoms with Crippen LogP contribution in [0.1, 0.15) is 32.0 Å². The first-order valence-electron chi connectivity index (χ1n) is 6.34. The summed E-state index contributed by atoms with van der Waals surface area (Å²) in [5, 5.41) is 3.58. The fourth-order valence-corrected chi connectivity index (χ4v) is 2.59. The largest absolute Gasteiger partial charge is 0.364 e. The molecule has 1 unspecified atom stereocenters. The minimum absolute atomic E-state index is 0.168. The maximum Gasteiger partial charge on any atom is 0.0615 e. The van der Waals surface area contributed by atoms with Crippen LogP contribution in [0.5, 0.6) is 0 Å². The molecule has 3 heteroatoms. The minimum atomic E-state index is 0.168. The maximum atomic E-state index is 4.44. The Morgan fingerprint density at radius 3 is 2.76 bits per heavy atom. The van der Waals surface area contributed by atoms with Crippen LogP contribution in [-0.4, -0.2) is 29.7 Å². The van der Waals surface area contributed by atoms with Gasteiger partial charge in [-0.2, -0.15) is 0 Å². The molecule has 2 heterocycles. The lowest BCUT2D eigenvalue weighted by atomic mass is 9.97. The molecule has 1 atom stereocenters. The molecule has 1 aromatic rings. The number of rotatable bonds is 1. The van der Waals surface area contributed by atoms with Crippen molar-refractivity contribution in [1.82, 2.24) is 10.3 Å². The van der Waals surface area contributed by atoms with E-state index in [0.717, 1.165) is 18.8 Å². The molecule has 17 heavy (non-hydrogen) atoms. The topological polar surface area (TPSA) is 28.2 Å². The van der Waals surface area contributed by atoms with Gasteiger partial charge in [-0.1, -0.05) is 0 Å². The molecule has 0 aliphatic carbocycles. The van der Waals surface area contributed by atoms with E-state index < -0.39 is 0 Å². The summed E-state index contributed by atoms with van der Waals surface area (Å²) in [4.78, 5) is 6.93. The molecule has 2 rings (SSSR count). The number of aromatic nitrogens is 1. The van der Waals surface area contributed by atoms with Gasteiger partial charge in [-0.3, -0.25) is 4.98 Å². The average molecular weight is 233 g/mol. The van der Waals surface area contributed by atoms with Gasteiger partial charge >= 0.3 is 0 Å². The van der Waals surface area contributed by atoms with Crippen molar-refractivity contribution in [2.45, 2.75) is 46.2 Å². The van der Waals surface area contributed by atoms with Crippen LogP contribution in [0.25, 0.3) is 0 Å². The fourth-order valence-electron chi connectivity index (χ4n) is 2.59. The molecule has 1 aliphatic rings. The van der Waals surface area contributed by atoms with Gasteiger partial charge < -0.3 is 10.2 Å². The molecular formula is C14H23N3. The molecule has 0 spiro atoms. The Bertz CT molecular complexity index is 392. The van der Waals surface area contributed by atoms with Crippen LogP contribution in [0, 0.1) is 13.8 Å². The third-order valence-corrected chi connectivity index (χ3v) is 3.57. The quantitative estimate of drug-likeness (QED) is 0.806. The van der Waals surface area contributed by atoms with Crippen LogP contribution in [0.2, 0.25) is 0 Å². The van der Waals surface area contributed by atoms with Gasteiger partial charge in [0.1, 0.15) is 0 Å². The van der Waals surface area contributed by atoms with E-state index in [2.05, 4.69) is 55.9 Å². The molecule has 94 valence electrons. The van der Waals surface area contributed by atoms with E-state index in [0.29, 0.717) is 6.04 Å². The lowest BCUT2D eigenvalue weighted by molar-refractivity contribution is 0.317. The second-order valence-corrected chi connectivity index (χ2v) is 5.80. The van der Waals surface area contributed by atoms with E-state index in [1.165, 1.54) is 11.3 Å². The Morgan fingerprint density at radius 1 is 1.41 bits per heavy atom. The molecule has 0 saturated carbocycles. The molecular weight excluding hydrogens is 210 g/mol. The highest BCUT2D eigenvalue weighted by Gasteiger charge is 2.31. The SMILES string of the molecule is Cc1ccnc(C)c1N1CC(C)(C)NCC1C. The Hall–Kier alpha value is -1.09. The highest BCUT2D eigenvalue weighted by atomic mass is 15.3. The van der Waals surface area contributed by atoms with E-state index in [9.17, 15) is 0 Å². The van der Waals surface area contributed by atoms with Gasteiger partial charge in [0.15, 0.2) is 0 Å². The Balaban J connectivity index is 2.37. The van der Waals surface area contributed by atoms with Crippen LogP contribution in [0.4, 0.5) is 5.69 Å². The van der Waals surface area contributed by atoms with E-state index >= 15 is 0 Å². The third kappa shape index (κ3) is 2.44. The van der Waals surface area contributed by atoms with Crippen LogP contribution in [-0.2, 0) is 0 Å². The van der Waals surface area contributed by atoms with E-state index in [1.54, 1.807) is 0 Å². The van der Waals surface area contributed by atoms with Crippen molar-refractivity contribution in [1.29, 1.82) is 0 Å². The number of aryl methyl sites for hydroxylation is 2. The Labute approximate surface area is 104 Å². The summed E-state index contributed by atoms with van der Waals surface area (Å²) in [7, 11) is 0. The summed E-state index contributed by atoms with van der Waals surface area (Å²) >= 11 is 0. The van der Waals surface area contributed by atoms with Gasteiger partial charge in [0, 0.05) is 30.9 Å². The maximum absolute atomic E-state index is 4.44. The average Bonchev–Trinajstić information content (AvgIpc) is 2.23. The minimum Gasteiger partial charge on any atom is -0.364 e. The number of pyridine rings is 1. The van der Waals surface area contributed by atoms with Gasteiger partial charge in [-0.15, -0.1) is 0 Å².